The maximum absolute atomic E-state index is 12.6. The zero-order valence-electron chi connectivity index (χ0n) is 15.1. The molecule has 0 aromatic carbocycles. The number of rotatable bonds is 5. The number of piperidine rings is 1. The van der Waals surface area contributed by atoms with Gasteiger partial charge in [-0.05, 0) is 37.8 Å². The molecule has 2 amide bonds. The maximum atomic E-state index is 12.6. The summed E-state index contributed by atoms with van der Waals surface area (Å²) in [5.41, 5.74) is 0. The van der Waals surface area contributed by atoms with E-state index in [2.05, 4.69) is 10.2 Å². The maximum Gasteiger partial charge on any atom is 0.236 e. The summed E-state index contributed by atoms with van der Waals surface area (Å²) < 4.78 is 11.1. The van der Waals surface area contributed by atoms with Crippen LogP contribution in [0.3, 0.4) is 0 Å². The van der Waals surface area contributed by atoms with Crippen LogP contribution in [0.15, 0.2) is 22.8 Å². The third-order valence-electron chi connectivity index (χ3n) is 5.80. The van der Waals surface area contributed by atoms with E-state index in [1.807, 2.05) is 17.0 Å². The normalized spacial score (nSPS) is 28.9. The predicted octanol–water partition coefficient (Wildman–Crippen LogP) is 0.998. The quantitative estimate of drug-likeness (QED) is 0.847. The van der Waals surface area contributed by atoms with Crippen LogP contribution < -0.4 is 5.32 Å². The molecule has 0 unspecified atom stereocenters. The lowest BCUT2D eigenvalue weighted by atomic mass is 9.89. The van der Waals surface area contributed by atoms with Crippen molar-refractivity contribution in [3.8, 4) is 0 Å². The van der Waals surface area contributed by atoms with Gasteiger partial charge in [-0.3, -0.25) is 14.5 Å². The molecule has 3 fully saturated rings. The average molecular weight is 361 g/mol. The molecule has 142 valence electrons. The fourth-order valence-electron chi connectivity index (χ4n) is 4.40. The smallest absolute Gasteiger partial charge is 0.236 e. The van der Waals surface area contributed by atoms with Crippen molar-refractivity contribution in [1.29, 1.82) is 0 Å². The van der Waals surface area contributed by atoms with Gasteiger partial charge in [0, 0.05) is 32.3 Å². The lowest BCUT2D eigenvalue weighted by Gasteiger charge is -2.40. The molecule has 3 aliphatic heterocycles. The van der Waals surface area contributed by atoms with E-state index in [9.17, 15) is 9.59 Å². The molecule has 7 nitrogen and oxygen atoms in total. The largest absolute Gasteiger partial charge is 0.467 e. The topological polar surface area (TPSA) is 75.0 Å². The van der Waals surface area contributed by atoms with Crippen molar-refractivity contribution in [3.05, 3.63) is 24.2 Å². The van der Waals surface area contributed by atoms with E-state index in [0.717, 1.165) is 44.5 Å². The molecule has 1 aromatic rings. The number of ether oxygens (including phenoxy) is 1. The van der Waals surface area contributed by atoms with Crippen LogP contribution in [0.2, 0.25) is 0 Å². The first-order chi connectivity index (χ1) is 12.7. The van der Waals surface area contributed by atoms with Gasteiger partial charge < -0.3 is 19.4 Å². The molecular formula is C19H27N3O4. The highest BCUT2D eigenvalue weighted by Crippen LogP contribution is 2.31. The third kappa shape index (κ3) is 3.78. The number of carbonyl (C=O) groups excluding carboxylic acids is 2. The van der Waals surface area contributed by atoms with E-state index in [1.165, 1.54) is 0 Å². The Hall–Kier alpha value is -1.86. The summed E-state index contributed by atoms with van der Waals surface area (Å²) in [6.45, 7) is 3.85. The molecule has 3 aliphatic rings. The Kier molecular flexibility index (Phi) is 5.26. The van der Waals surface area contributed by atoms with E-state index >= 15 is 0 Å². The summed E-state index contributed by atoms with van der Waals surface area (Å²) in [5, 5.41) is 2.95. The van der Waals surface area contributed by atoms with Gasteiger partial charge in [0.1, 0.15) is 5.76 Å². The van der Waals surface area contributed by atoms with E-state index in [4.69, 9.17) is 9.15 Å². The van der Waals surface area contributed by atoms with Crippen LogP contribution in [0.4, 0.5) is 0 Å². The molecule has 3 saturated heterocycles. The lowest BCUT2D eigenvalue weighted by Crippen LogP contribution is -2.55. The molecule has 7 heteroatoms. The summed E-state index contributed by atoms with van der Waals surface area (Å²) in [7, 11) is 0. The first-order valence-corrected chi connectivity index (χ1v) is 9.64. The van der Waals surface area contributed by atoms with Gasteiger partial charge >= 0.3 is 0 Å². The van der Waals surface area contributed by atoms with E-state index in [0.29, 0.717) is 26.2 Å². The van der Waals surface area contributed by atoms with Crippen molar-refractivity contribution < 1.29 is 18.7 Å². The second kappa shape index (κ2) is 7.80. The molecule has 0 radical (unpaired) electrons. The fraction of sp³-hybridized carbons (Fsp3) is 0.684. The minimum absolute atomic E-state index is 0.00831. The number of hydrogen-bond donors (Lipinski definition) is 1. The minimum Gasteiger partial charge on any atom is -0.467 e. The molecule has 1 aromatic heterocycles. The van der Waals surface area contributed by atoms with Gasteiger partial charge in [-0.15, -0.1) is 0 Å². The average Bonchev–Trinajstić information content (AvgIpc) is 3.41. The number of furan rings is 1. The number of amides is 2. The van der Waals surface area contributed by atoms with Crippen molar-refractivity contribution in [1.82, 2.24) is 15.1 Å². The third-order valence-corrected chi connectivity index (χ3v) is 5.80. The van der Waals surface area contributed by atoms with E-state index in [-0.39, 0.29) is 29.9 Å². The van der Waals surface area contributed by atoms with Crippen molar-refractivity contribution in [2.45, 2.75) is 44.4 Å². The Morgan fingerprint density at radius 3 is 2.88 bits per heavy atom. The Balaban J connectivity index is 1.37. The van der Waals surface area contributed by atoms with Gasteiger partial charge in [-0.2, -0.15) is 0 Å². The van der Waals surface area contributed by atoms with E-state index < -0.39 is 0 Å². The SMILES string of the molecule is O=C(NCc1ccco1)[C@H]1C[C@H]2OCC[C@H]2N(CC(=O)N2CCCC2)C1. The second-order valence-electron chi connectivity index (χ2n) is 7.51. The molecule has 1 N–H and O–H groups in total. The van der Waals surface area contributed by atoms with Gasteiger partial charge in [0.05, 0.1) is 31.4 Å². The van der Waals surface area contributed by atoms with Crippen molar-refractivity contribution >= 4 is 11.8 Å². The molecular weight excluding hydrogens is 334 g/mol. The fourth-order valence-corrected chi connectivity index (χ4v) is 4.40. The number of likely N-dealkylation sites (tertiary alicyclic amines) is 2. The van der Waals surface area contributed by atoms with Crippen LogP contribution in [-0.2, 0) is 20.9 Å². The van der Waals surface area contributed by atoms with Gasteiger partial charge in [0.2, 0.25) is 11.8 Å². The lowest BCUT2D eigenvalue weighted by molar-refractivity contribution is -0.137. The highest BCUT2D eigenvalue weighted by atomic mass is 16.5. The summed E-state index contributed by atoms with van der Waals surface area (Å²) in [6.07, 6.45) is 5.51. The first kappa shape index (κ1) is 17.5. The molecule has 26 heavy (non-hydrogen) atoms. The van der Waals surface area contributed by atoms with Crippen LogP contribution in [0.5, 0.6) is 0 Å². The Labute approximate surface area is 153 Å². The zero-order chi connectivity index (χ0) is 17.9. The summed E-state index contributed by atoms with van der Waals surface area (Å²) >= 11 is 0. The van der Waals surface area contributed by atoms with Crippen LogP contribution in [0.1, 0.15) is 31.4 Å². The van der Waals surface area contributed by atoms with Crippen LogP contribution in [-0.4, -0.2) is 66.5 Å². The van der Waals surface area contributed by atoms with Gasteiger partial charge in [-0.1, -0.05) is 0 Å². The number of nitrogens with one attached hydrogen (secondary N) is 1. The number of fused-ring (bicyclic) bond motifs is 1. The van der Waals surface area contributed by atoms with Crippen LogP contribution in [0, 0.1) is 5.92 Å². The monoisotopic (exact) mass is 361 g/mol. The Bertz CT molecular complexity index is 627. The van der Waals surface area contributed by atoms with Gasteiger partial charge in [0.25, 0.3) is 0 Å². The molecule has 0 aliphatic carbocycles. The zero-order valence-corrected chi connectivity index (χ0v) is 15.1. The Morgan fingerprint density at radius 1 is 1.27 bits per heavy atom. The minimum atomic E-state index is -0.157. The van der Waals surface area contributed by atoms with Crippen molar-refractivity contribution in [2.24, 2.45) is 5.92 Å². The first-order valence-electron chi connectivity index (χ1n) is 9.64. The standard InChI is InChI=1S/C19H27N3O4/c23-18(21-6-1-2-7-21)13-22-12-14(10-17-16(22)5-9-26-17)19(24)20-11-15-4-3-8-25-15/h3-4,8,14,16-17H,1-2,5-7,9-13H2,(H,20,24)/t14-,16+,17+/m0/s1. The van der Waals surface area contributed by atoms with Gasteiger partial charge in [0.15, 0.2) is 0 Å². The Morgan fingerprint density at radius 2 is 2.12 bits per heavy atom. The summed E-state index contributed by atoms with van der Waals surface area (Å²) in [6, 6.07) is 3.92. The molecule has 0 spiro atoms. The molecule has 4 rings (SSSR count). The number of hydrogen-bond acceptors (Lipinski definition) is 5. The van der Waals surface area contributed by atoms with E-state index in [1.54, 1.807) is 6.26 Å². The molecule has 4 heterocycles. The second-order valence-corrected chi connectivity index (χ2v) is 7.51. The van der Waals surface area contributed by atoms with Crippen LogP contribution in [0.25, 0.3) is 0 Å². The van der Waals surface area contributed by atoms with Gasteiger partial charge in [-0.25, -0.2) is 0 Å². The number of nitrogens with zero attached hydrogens (tertiary/aromatic N) is 2. The highest BCUT2D eigenvalue weighted by Gasteiger charge is 2.43. The summed E-state index contributed by atoms with van der Waals surface area (Å²) in [4.78, 5) is 29.4. The summed E-state index contributed by atoms with van der Waals surface area (Å²) in [5.74, 6) is 0.777. The van der Waals surface area contributed by atoms with Crippen molar-refractivity contribution in [2.75, 3.05) is 32.8 Å². The van der Waals surface area contributed by atoms with Crippen LogP contribution >= 0.6 is 0 Å². The predicted molar refractivity (Wildman–Crippen MR) is 94.2 cm³/mol. The highest BCUT2D eigenvalue weighted by molar-refractivity contribution is 5.80. The molecule has 0 bridgehead atoms. The molecule has 0 saturated carbocycles. The van der Waals surface area contributed by atoms with Crippen molar-refractivity contribution in [3.63, 3.8) is 0 Å². The molecule has 3 atom stereocenters. The number of carbonyl (C=O) groups is 2.